The van der Waals surface area contributed by atoms with E-state index in [4.69, 9.17) is 4.74 Å². The van der Waals surface area contributed by atoms with E-state index in [2.05, 4.69) is 5.32 Å². The lowest BCUT2D eigenvalue weighted by atomic mass is 10.1. The molecule has 1 N–H and O–H groups in total. The molecule has 0 radical (unpaired) electrons. The van der Waals surface area contributed by atoms with Crippen LogP contribution in [0, 0.1) is 11.6 Å². The summed E-state index contributed by atoms with van der Waals surface area (Å²) in [5, 5.41) is 2.51. The van der Waals surface area contributed by atoms with Crippen molar-refractivity contribution in [3.05, 3.63) is 59.7 Å². The van der Waals surface area contributed by atoms with Gasteiger partial charge in [0.2, 0.25) is 21.8 Å². The number of methoxy groups -OCH3 is 1. The Morgan fingerprint density at radius 1 is 1.12 bits per heavy atom. The van der Waals surface area contributed by atoms with E-state index in [1.54, 1.807) is 31.2 Å². The predicted octanol–water partition coefficient (Wildman–Crippen LogP) is 2.29. The molecule has 0 aliphatic rings. The molecule has 2 aromatic carbocycles. The van der Waals surface area contributed by atoms with Gasteiger partial charge in [-0.3, -0.25) is 13.9 Å². The zero-order valence-electron chi connectivity index (χ0n) is 18.8. The summed E-state index contributed by atoms with van der Waals surface area (Å²) in [6, 6.07) is 8.54. The highest BCUT2D eigenvalue weighted by molar-refractivity contribution is 7.92. The van der Waals surface area contributed by atoms with Crippen LogP contribution in [0.2, 0.25) is 0 Å². The molecular weight excluding hydrogens is 456 g/mol. The molecule has 2 amide bonds. The van der Waals surface area contributed by atoms with Gasteiger partial charge >= 0.3 is 0 Å². The zero-order valence-corrected chi connectivity index (χ0v) is 19.7. The van der Waals surface area contributed by atoms with Crippen LogP contribution in [0.3, 0.4) is 0 Å². The summed E-state index contributed by atoms with van der Waals surface area (Å²) in [6.45, 7) is 1.01. The number of halogens is 2. The molecule has 11 heteroatoms. The number of rotatable bonds is 10. The fraction of sp³-hybridized carbons (Fsp3) is 0.364. The Morgan fingerprint density at radius 2 is 1.82 bits per heavy atom. The number of sulfonamides is 1. The number of likely N-dealkylation sites (N-methyl/N-ethyl adjacent to an activating group) is 1. The lowest BCUT2D eigenvalue weighted by Gasteiger charge is -2.32. The lowest BCUT2D eigenvalue weighted by Crippen LogP contribution is -2.51. The first kappa shape index (κ1) is 26.0. The van der Waals surface area contributed by atoms with Crippen molar-refractivity contribution >= 4 is 27.5 Å². The summed E-state index contributed by atoms with van der Waals surface area (Å²) in [4.78, 5) is 27.1. The highest BCUT2D eigenvalue weighted by atomic mass is 32.2. The number of anilines is 1. The first-order chi connectivity index (χ1) is 15.5. The molecular formula is C22H27F2N3O5S. The molecule has 2 aromatic rings. The van der Waals surface area contributed by atoms with Crippen molar-refractivity contribution in [1.82, 2.24) is 10.2 Å². The van der Waals surface area contributed by atoms with Gasteiger partial charge in [0.25, 0.3) is 0 Å². The van der Waals surface area contributed by atoms with Crippen molar-refractivity contribution in [3.8, 4) is 5.75 Å². The Kier molecular flexibility index (Phi) is 8.75. The number of nitrogens with one attached hydrogen (secondary N) is 1. The van der Waals surface area contributed by atoms with Gasteiger partial charge in [-0.15, -0.1) is 0 Å². The largest absolute Gasteiger partial charge is 0.497 e. The van der Waals surface area contributed by atoms with Crippen LogP contribution in [-0.4, -0.2) is 58.1 Å². The normalized spacial score (nSPS) is 12.1. The lowest BCUT2D eigenvalue weighted by molar-refractivity contribution is -0.140. The molecule has 0 fully saturated rings. The van der Waals surface area contributed by atoms with Crippen LogP contribution in [0.1, 0.15) is 18.9 Å². The SMILES string of the molecule is CC[C@@H](C(=O)NC)N(Cc1cccc(OC)c1)C(=O)CN(c1ccc(F)c(F)c1)S(C)(=O)=O. The minimum Gasteiger partial charge on any atom is -0.497 e. The van der Waals surface area contributed by atoms with Gasteiger partial charge in [-0.05, 0) is 36.2 Å². The van der Waals surface area contributed by atoms with Crippen molar-refractivity contribution in [1.29, 1.82) is 0 Å². The van der Waals surface area contributed by atoms with Crippen molar-refractivity contribution in [2.24, 2.45) is 0 Å². The Labute approximate surface area is 192 Å². The summed E-state index contributed by atoms with van der Waals surface area (Å²) in [7, 11) is -1.11. The standard InChI is InChI=1S/C22H27F2N3O5S/c1-5-20(22(29)25-2)26(13-15-7-6-8-17(11-15)32-3)21(28)14-27(33(4,30)31)16-9-10-18(23)19(24)12-16/h6-12,20H,5,13-14H2,1-4H3,(H,25,29)/t20-/m0/s1. The second kappa shape index (κ2) is 11.1. The predicted molar refractivity (Wildman–Crippen MR) is 120 cm³/mol. The zero-order chi connectivity index (χ0) is 24.8. The first-order valence-electron chi connectivity index (χ1n) is 10.1. The Balaban J connectivity index is 2.45. The monoisotopic (exact) mass is 483 g/mol. The average Bonchev–Trinajstić information content (AvgIpc) is 2.78. The highest BCUT2D eigenvalue weighted by Crippen LogP contribution is 2.22. The number of amides is 2. The number of benzene rings is 2. The van der Waals surface area contributed by atoms with Gasteiger partial charge in [0, 0.05) is 19.7 Å². The van der Waals surface area contributed by atoms with Crippen LogP contribution in [0.25, 0.3) is 0 Å². The first-order valence-corrected chi connectivity index (χ1v) is 11.9. The number of carbonyl (C=O) groups excluding carboxylic acids is 2. The molecule has 33 heavy (non-hydrogen) atoms. The van der Waals surface area contributed by atoms with Crippen LogP contribution in [-0.2, 0) is 26.2 Å². The van der Waals surface area contributed by atoms with Gasteiger partial charge in [0.1, 0.15) is 18.3 Å². The number of nitrogens with zero attached hydrogens (tertiary/aromatic N) is 2. The van der Waals surface area contributed by atoms with E-state index in [0.29, 0.717) is 21.7 Å². The quantitative estimate of drug-likeness (QED) is 0.560. The maximum Gasteiger partial charge on any atom is 0.244 e. The van der Waals surface area contributed by atoms with E-state index in [1.807, 2.05) is 0 Å². The number of ether oxygens (including phenoxy) is 1. The Bertz CT molecular complexity index is 1110. The van der Waals surface area contributed by atoms with Crippen LogP contribution in [0.4, 0.5) is 14.5 Å². The summed E-state index contributed by atoms with van der Waals surface area (Å²) in [5.74, 6) is -2.97. The number of hydrogen-bond donors (Lipinski definition) is 1. The topological polar surface area (TPSA) is 96.0 Å². The van der Waals surface area contributed by atoms with Gasteiger partial charge < -0.3 is 15.0 Å². The molecule has 0 spiro atoms. The van der Waals surface area contributed by atoms with Gasteiger partial charge in [-0.25, -0.2) is 17.2 Å². The third-order valence-electron chi connectivity index (χ3n) is 4.99. The highest BCUT2D eigenvalue weighted by Gasteiger charge is 2.31. The molecule has 0 aromatic heterocycles. The molecule has 0 unspecified atom stereocenters. The van der Waals surface area contributed by atoms with Crippen LogP contribution >= 0.6 is 0 Å². The van der Waals surface area contributed by atoms with Crippen molar-refractivity contribution in [3.63, 3.8) is 0 Å². The second-order valence-corrected chi connectivity index (χ2v) is 9.19. The summed E-state index contributed by atoms with van der Waals surface area (Å²) >= 11 is 0. The number of hydrogen-bond acceptors (Lipinski definition) is 5. The van der Waals surface area contributed by atoms with E-state index in [1.165, 1.54) is 19.1 Å². The summed E-state index contributed by atoms with van der Waals surface area (Å²) < 4.78 is 57.8. The van der Waals surface area contributed by atoms with Crippen molar-refractivity contribution in [2.45, 2.75) is 25.9 Å². The smallest absolute Gasteiger partial charge is 0.244 e. The molecule has 8 nitrogen and oxygen atoms in total. The maximum absolute atomic E-state index is 13.8. The minimum absolute atomic E-state index is 0.00264. The Morgan fingerprint density at radius 3 is 2.36 bits per heavy atom. The van der Waals surface area contributed by atoms with E-state index in [9.17, 15) is 26.8 Å². The molecule has 0 saturated heterocycles. The Hall–Kier alpha value is -3.21. The second-order valence-electron chi connectivity index (χ2n) is 7.28. The fourth-order valence-electron chi connectivity index (χ4n) is 3.31. The van der Waals surface area contributed by atoms with Crippen LogP contribution in [0.15, 0.2) is 42.5 Å². The van der Waals surface area contributed by atoms with Gasteiger partial charge in [0.05, 0.1) is 19.1 Å². The van der Waals surface area contributed by atoms with Gasteiger partial charge in [-0.1, -0.05) is 19.1 Å². The van der Waals surface area contributed by atoms with Crippen molar-refractivity contribution < 1.29 is 31.5 Å². The van der Waals surface area contributed by atoms with E-state index < -0.39 is 46.1 Å². The van der Waals surface area contributed by atoms with Gasteiger partial charge in [0.15, 0.2) is 11.6 Å². The van der Waals surface area contributed by atoms with Crippen LogP contribution in [0.5, 0.6) is 5.75 Å². The molecule has 1 atom stereocenters. The van der Waals surface area contributed by atoms with E-state index >= 15 is 0 Å². The van der Waals surface area contributed by atoms with E-state index in [-0.39, 0.29) is 18.7 Å². The molecule has 2 rings (SSSR count). The molecule has 0 bridgehead atoms. The van der Waals surface area contributed by atoms with Crippen molar-refractivity contribution in [2.75, 3.05) is 31.3 Å². The third-order valence-corrected chi connectivity index (χ3v) is 6.13. The molecule has 0 aliphatic carbocycles. The summed E-state index contributed by atoms with van der Waals surface area (Å²) in [6.07, 6.45) is 1.11. The maximum atomic E-state index is 13.8. The summed E-state index contributed by atoms with van der Waals surface area (Å²) in [5.41, 5.74) is 0.447. The number of carbonyl (C=O) groups is 2. The molecule has 0 heterocycles. The molecule has 180 valence electrons. The van der Waals surface area contributed by atoms with Crippen LogP contribution < -0.4 is 14.4 Å². The fourth-order valence-corrected chi connectivity index (χ4v) is 4.15. The van der Waals surface area contributed by atoms with E-state index in [0.717, 1.165) is 18.4 Å². The minimum atomic E-state index is -4.04. The third kappa shape index (κ3) is 6.64. The average molecular weight is 484 g/mol. The molecule has 0 aliphatic heterocycles. The molecule has 0 saturated carbocycles. The van der Waals surface area contributed by atoms with Gasteiger partial charge in [-0.2, -0.15) is 0 Å².